The second kappa shape index (κ2) is 6.53. The maximum Gasteiger partial charge on any atom is 0.217 e. The Morgan fingerprint density at radius 2 is 2.24 bits per heavy atom. The van der Waals surface area contributed by atoms with Crippen molar-refractivity contribution in [3.05, 3.63) is 0 Å². The first-order valence-corrected chi connectivity index (χ1v) is 5.89. The maximum atomic E-state index is 11.0. The number of rotatable bonds is 4. The summed E-state index contributed by atoms with van der Waals surface area (Å²) in [5.74, 6) is -0.295. The Morgan fingerprint density at radius 3 is 2.71 bits per heavy atom. The van der Waals surface area contributed by atoms with Gasteiger partial charge >= 0.3 is 0 Å². The van der Waals surface area contributed by atoms with Gasteiger partial charge in [0.2, 0.25) is 5.91 Å². The lowest BCUT2D eigenvalue weighted by atomic mass is 9.93. The molecule has 0 spiro atoms. The summed E-state index contributed by atoms with van der Waals surface area (Å²) in [6.45, 7) is 2.65. The highest BCUT2D eigenvalue weighted by molar-refractivity contribution is 7.88. The van der Waals surface area contributed by atoms with E-state index >= 15 is 0 Å². The predicted octanol–water partition coefficient (Wildman–Crippen LogP) is -0.862. The van der Waals surface area contributed by atoms with E-state index in [1.54, 1.807) is 6.92 Å². The first kappa shape index (κ1) is 14.7. The predicted molar refractivity (Wildman–Crippen MR) is 60.1 cm³/mol. The zero-order valence-electron chi connectivity index (χ0n) is 9.57. The number of aliphatic hydroxyl groups excluding tert-OH is 2. The summed E-state index contributed by atoms with van der Waals surface area (Å²) < 4.78 is 19.0. The SMILES string of the molecule is CC(=O)NC1C(C)OC(CO)C(O)C1OSO. The van der Waals surface area contributed by atoms with E-state index in [4.69, 9.17) is 18.6 Å². The van der Waals surface area contributed by atoms with Gasteiger partial charge in [0.1, 0.15) is 18.3 Å². The molecule has 5 unspecified atom stereocenters. The quantitative estimate of drug-likeness (QED) is 0.491. The second-order valence-electron chi connectivity index (χ2n) is 3.91. The van der Waals surface area contributed by atoms with Crippen molar-refractivity contribution in [1.29, 1.82) is 0 Å². The van der Waals surface area contributed by atoms with Crippen LogP contribution in [0, 0.1) is 0 Å². The van der Waals surface area contributed by atoms with E-state index in [0.717, 1.165) is 0 Å². The van der Waals surface area contributed by atoms with E-state index < -0.39 is 30.5 Å². The molecule has 1 aliphatic rings. The standard InChI is InChI=1S/C9H17NO6S/c1-4-7(10-5(2)12)9(16-17-14)8(13)6(3-11)15-4/h4,6-9,11,13-14H,3H2,1-2H3,(H,10,12). The van der Waals surface area contributed by atoms with E-state index in [9.17, 15) is 9.90 Å². The third kappa shape index (κ3) is 3.54. The molecule has 4 N–H and O–H groups in total. The minimum atomic E-state index is -1.13. The molecule has 0 aromatic carbocycles. The lowest BCUT2D eigenvalue weighted by Crippen LogP contribution is -2.63. The van der Waals surface area contributed by atoms with Crippen molar-refractivity contribution < 1.29 is 28.5 Å². The molecule has 0 radical (unpaired) electrons. The lowest BCUT2D eigenvalue weighted by Gasteiger charge is -2.42. The number of ether oxygens (including phenoxy) is 1. The highest BCUT2D eigenvalue weighted by Crippen LogP contribution is 2.25. The molecule has 1 rings (SSSR count). The zero-order valence-corrected chi connectivity index (χ0v) is 10.4. The van der Waals surface area contributed by atoms with Gasteiger partial charge in [0.15, 0.2) is 12.3 Å². The van der Waals surface area contributed by atoms with E-state index in [2.05, 4.69) is 5.32 Å². The smallest absolute Gasteiger partial charge is 0.217 e. The van der Waals surface area contributed by atoms with Crippen LogP contribution in [-0.4, -0.2) is 57.7 Å². The van der Waals surface area contributed by atoms with Crippen LogP contribution in [0.4, 0.5) is 0 Å². The number of amides is 1. The average molecular weight is 267 g/mol. The van der Waals surface area contributed by atoms with Gasteiger partial charge in [0.05, 0.1) is 18.8 Å². The Kier molecular flexibility index (Phi) is 5.63. The summed E-state index contributed by atoms with van der Waals surface area (Å²) in [5, 5.41) is 21.5. The third-order valence-electron chi connectivity index (χ3n) is 2.67. The molecule has 0 aliphatic carbocycles. The number of carbonyl (C=O) groups excluding carboxylic acids is 1. The molecule has 0 aromatic heterocycles. The van der Waals surface area contributed by atoms with Crippen molar-refractivity contribution in [2.75, 3.05) is 6.61 Å². The van der Waals surface area contributed by atoms with Crippen LogP contribution in [0.3, 0.4) is 0 Å². The number of nitrogens with one attached hydrogen (secondary N) is 1. The summed E-state index contributed by atoms with van der Waals surface area (Å²) in [4.78, 5) is 11.0. The summed E-state index contributed by atoms with van der Waals surface area (Å²) in [5.41, 5.74) is 0. The van der Waals surface area contributed by atoms with Crippen molar-refractivity contribution in [3.8, 4) is 0 Å². The Hall–Kier alpha value is -0.380. The van der Waals surface area contributed by atoms with Crippen molar-refractivity contribution in [2.24, 2.45) is 0 Å². The Balaban J connectivity index is 2.81. The Bertz CT molecular complexity index is 266. The van der Waals surface area contributed by atoms with E-state index in [0.29, 0.717) is 0 Å². The minimum Gasteiger partial charge on any atom is -0.394 e. The van der Waals surface area contributed by atoms with Crippen molar-refractivity contribution in [3.63, 3.8) is 0 Å². The fraction of sp³-hybridized carbons (Fsp3) is 0.889. The van der Waals surface area contributed by atoms with Crippen molar-refractivity contribution in [2.45, 2.75) is 44.3 Å². The van der Waals surface area contributed by atoms with Gasteiger partial charge in [0, 0.05) is 6.92 Å². The molecule has 0 saturated carbocycles. The van der Waals surface area contributed by atoms with Crippen LogP contribution >= 0.6 is 12.3 Å². The average Bonchev–Trinajstić information content (AvgIpc) is 2.27. The van der Waals surface area contributed by atoms with E-state index in [1.165, 1.54) is 6.92 Å². The minimum absolute atomic E-state index is 0.109. The molecular weight excluding hydrogens is 250 g/mol. The number of carbonyl (C=O) groups is 1. The van der Waals surface area contributed by atoms with E-state index in [-0.39, 0.29) is 24.8 Å². The largest absolute Gasteiger partial charge is 0.394 e. The van der Waals surface area contributed by atoms with Gasteiger partial charge in [-0.1, -0.05) is 0 Å². The summed E-state index contributed by atoms with van der Waals surface area (Å²) in [7, 11) is 0. The molecule has 17 heavy (non-hydrogen) atoms. The zero-order chi connectivity index (χ0) is 13.0. The molecule has 8 heteroatoms. The van der Waals surface area contributed by atoms with Crippen molar-refractivity contribution >= 4 is 18.2 Å². The van der Waals surface area contributed by atoms with Gasteiger partial charge in [0.25, 0.3) is 0 Å². The molecule has 0 aromatic rings. The van der Waals surface area contributed by atoms with Gasteiger partial charge in [-0.25, -0.2) is 0 Å². The fourth-order valence-corrected chi connectivity index (χ4v) is 2.22. The fourth-order valence-electron chi connectivity index (χ4n) is 1.88. The summed E-state index contributed by atoms with van der Waals surface area (Å²) in [6, 6.07) is -0.593. The van der Waals surface area contributed by atoms with Gasteiger partial charge in [-0.05, 0) is 6.92 Å². The highest BCUT2D eigenvalue weighted by atomic mass is 32.2. The number of aliphatic hydroxyl groups is 2. The Morgan fingerprint density at radius 1 is 1.59 bits per heavy atom. The summed E-state index contributed by atoms with van der Waals surface area (Å²) >= 11 is 0.109. The second-order valence-corrected chi connectivity index (χ2v) is 4.26. The van der Waals surface area contributed by atoms with Crippen molar-refractivity contribution in [1.82, 2.24) is 5.32 Å². The van der Waals surface area contributed by atoms with Crippen LogP contribution in [0.15, 0.2) is 0 Å². The van der Waals surface area contributed by atoms with Gasteiger partial charge in [-0.2, -0.15) is 0 Å². The van der Waals surface area contributed by atoms with Crippen LogP contribution in [0.2, 0.25) is 0 Å². The van der Waals surface area contributed by atoms with Gasteiger partial charge < -0.3 is 24.8 Å². The van der Waals surface area contributed by atoms with E-state index in [1.807, 2.05) is 0 Å². The molecule has 100 valence electrons. The highest BCUT2D eigenvalue weighted by Gasteiger charge is 2.44. The number of hydrogen-bond acceptors (Lipinski definition) is 7. The molecule has 0 bridgehead atoms. The maximum absolute atomic E-state index is 11.0. The first-order valence-electron chi connectivity index (χ1n) is 5.19. The molecule has 1 amide bonds. The Labute approximate surface area is 104 Å². The topological polar surface area (TPSA) is 108 Å². The molecular formula is C9H17NO6S. The van der Waals surface area contributed by atoms with Gasteiger partial charge in [-0.15, -0.1) is 0 Å². The van der Waals surface area contributed by atoms with Gasteiger partial charge in [-0.3, -0.25) is 8.98 Å². The molecule has 1 saturated heterocycles. The first-order chi connectivity index (χ1) is 8.01. The lowest BCUT2D eigenvalue weighted by molar-refractivity contribution is -0.182. The molecule has 5 atom stereocenters. The number of hydrogen-bond donors (Lipinski definition) is 4. The molecule has 1 heterocycles. The molecule has 7 nitrogen and oxygen atoms in total. The third-order valence-corrected chi connectivity index (χ3v) is 2.98. The van der Waals surface area contributed by atoms with Crippen LogP contribution in [0.5, 0.6) is 0 Å². The van der Waals surface area contributed by atoms with Crippen LogP contribution in [0.25, 0.3) is 0 Å². The molecule has 1 aliphatic heterocycles. The molecule has 1 fully saturated rings. The van der Waals surface area contributed by atoms with Crippen LogP contribution in [0.1, 0.15) is 13.8 Å². The van der Waals surface area contributed by atoms with Crippen LogP contribution in [-0.2, 0) is 13.7 Å². The monoisotopic (exact) mass is 267 g/mol. The normalized spacial score (nSPS) is 37.8. The van der Waals surface area contributed by atoms with Crippen LogP contribution < -0.4 is 5.32 Å². The summed E-state index contributed by atoms with van der Waals surface area (Å²) in [6.07, 6.45) is -3.23.